The average molecular weight is 595 g/mol. The molecule has 3 aromatic rings. The third-order valence-corrected chi connectivity index (χ3v) is 15.5. The van der Waals surface area contributed by atoms with Gasteiger partial charge in [-0.2, -0.15) is 0 Å². The number of anilines is 4. The molecular formula is C42H51BN2. The van der Waals surface area contributed by atoms with Gasteiger partial charge in [0, 0.05) is 33.6 Å². The Morgan fingerprint density at radius 3 is 2.04 bits per heavy atom. The molecule has 3 aliphatic carbocycles. The normalized spacial score (nSPS) is 36.6. The Balaban J connectivity index is 1.30. The summed E-state index contributed by atoms with van der Waals surface area (Å²) in [5.74, 6) is 1.75. The van der Waals surface area contributed by atoms with Gasteiger partial charge in [0.25, 0.3) is 6.71 Å². The van der Waals surface area contributed by atoms with Gasteiger partial charge in [-0.15, -0.1) is 0 Å². The summed E-state index contributed by atoms with van der Waals surface area (Å²) >= 11 is 0. The molecule has 2 nitrogen and oxygen atoms in total. The van der Waals surface area contributed by atoms with Gasteiger partial charge in [-0.25, -0.2) is 0 Å². The van der Waals surface area contributed by atoms with Gasteiger partial charge in [0.05, 0.1) is 11.1 Å². The van der Waals surface area contributed by atoms with Crippen molar-refractivity contribution in [2.45, 2.75) is 140 Å². The number of rotatable bonds is 0. The van der Waals surface area contributed by atoms with E-state index in [1.54, 1.807) is 38.9 Å². The van der Waals surface area contributed by atoms with E-state index in [1.165, 1.54) is 81.1 Å². The van der Waals surface area contributed by atoms with Crippen molar-refractivity contribution in [3.05, 3.63) is 65.2 Å². The van der Waals surface area contributed by atoms with Crippen LogP contribution in [0, 0.1) is 11.8 Å². The van der Waals surface area contributed by atoms with Gasteiger partial charge >= 0.3 is 0 Å². The van der Waals surface area contributed by atoms with Gasteiger partial charge < -0.3 is 9.80 Å². The number of benzene rings is 3. The van der Waals surface area contributed by atoms with E-state index in [2.05, 4.69) is 107 Å². The van der Waals surface area contributed by atoms with Crippen LogP contribution in [-0.2, 0) is 16.2 Å². The highest BCUT2D eigenvalue weighted by Gasteiger charge is 2.66. The minimum Gasteiger partial charge on any atom is -0.335 e. The lowest BCUT2D eigenvalue weighted by Gasteiger charge is -2.57. The van der Waals surface area contributed by atoms with Gasteiger partial charge in [0.1, 0.15) is 0 Å². The molecule has 3 fully saturated rings. The van der Waals surface area contributed by atoms with Crippen LogP contribution in [0.25, 0.3) is 0 Å². The lowest BCUT2D eigenvalue weighted by molar-refractivity contribution is 0.0581. The molecule has 6 unspecified atom stereocenters. The van der Waals surface area contributed by atoms with Gasteiger partial charge in [-0.3, -0.25) is 0 Å². The molecule has 0 N–H and O–H groups in total. The Labute approximate surface area is 272 Å². The van der Waals surface area contributed by atoms with Crippen molar-refractivity contribution in [1.29, 1.82) is 0 Å². The van der Waals surface area contributed by atoms with Crippen molar-refractivity contribution < 1.29 is 0 Å². The number of para-hydroxylation sites is 1. The predicted octanol–water partition coefficient (Wildman–Crippen LogP) is 8.64. The first-order valence-corrected chi connectivity index (χ1v) is 18.5. The molecule has 0 bridgehead atoms. The minimum absolute atomic E-state index is 0.0879. The summed E-state index contributed by atoms with van der Waals surface area (Å²) in [6.45, 7) is 18.1. The molecule has 45 heavy (non-hydrogen) atoms. The first kappa shape index (κ1) is 27.4. The van der Waals surface area contributed by atoms with Crippen molar-refractivity contribution >= 4 is 45.9 Å². The monoisotopic (exact) mass is 594 g/mol. The van der Waals surface area contributed by atoms with Crippen LogP contribution in [0.3, 0.4) is 0 Å². The third kappa shape index (κ3) is 2.94. The Bertz CT molecular complexity index is 1820. The summed E-state index contributed by atoms with van der Waals surface area (Å²) in [6, 6.07) is 20.3. The molecule has 0 spiro atoms. The second kappa shape index (κ2) is 8.24. The number of hydrogen-bond acceptors (Lipinski definition) is 2. The fraction of sp³-hybridized carbons (Fsp3) is 0.571. The highest BCUT2D eigenvalue weighted by atomic mass is 15.3. The lowest BCUT2D eigenvalue weighted by atomic mass is 9.33. The van der Waals surface area contributed by atoms with Gasteiger partial charge in [-0.05, 0) is 102 Å². The van der Waals surface area contributed by atoms with E-state index in [0.29, 0.717) is 0 Å². The van der Waals surface area contributed by atoms with Crippen LogP contribution < -0.4 is 26.2 Å². The summed E-state index contributed by atoms with van der Waals surface area (Å²) in [5, 5.41) is 0. The molecule has 232 valence electrons. The predicted molar refractivity (Wildman–Crippen MR) is 192 cm³/mol. The summed E-state index contributed by atoms with van der Waals surface area (Å²) in [7, 11) is 0. The largest absolute Gasteiger partial charge is 0.335 e. The second-order valence-electron chi connectivity index (χ2n) is 18.4. The van der Waals surface area contributed by atoms with E-state index in [1.807, 2.05) is 0 Å². The maximum Gasteiger partial charge on any atom is 0.252 e. The molecule has 4 heterocycles. The zero-order valence-corrected chi connectivity index (χ0v) is 28.8. The van der Waals surface area contributed by atoms with Gasteiger partial charge in [-0.1, -0.05) is 110 Å². The van der Waals surface area contributed by atoms with Crippen molar-refractivity contribution in [2.75, 3.05) is 9.80 Å². The van der Waals surface area contributed by atoms with Crippen molar-refractivity contribution in [2.24, 2.45) is 11.8 Å². The molecule has 10 rings (SSSR count). The first-order chi connectivity index (χ1) is 21.4. The van der Waals surface area contributed by atoms with E-state index in [4.69, 9.17) is 0 Å². The average Bonchev–Trinajstić information content (AvgIpc) is 3.35. The molecular weight excluding hydrogens is 543 g/mol. The topological polar surface area (TPSA) is 6.48 Å². The third-order valence-electron chi connectivity index (χ3n) is 15.5. The van der Waals surface area contributed by atoms with Crippen molar-refractivity contribution in [3.8, 4) is 0 Å². The first-order valence-electron chi connectivity index (χ1n) is 18.5. The molecule has 3 aromatic carbocycles. The molecule has 7 aliphatic rings. The van der Waals surface area contributed by atoms with Crippen LogP contribution in [-0.4, -0.2) is 17.8 Å². The van der Waals surface area contributed by atoms with Crippen LogP contribution in [0.2, 0.25) is 0 Å². The van der Waals surface area contributed by atoms with E-state index in [0.717, 1.165) is 11.8 Å². The molecule has 3 saturated carbocycles. The highest BCUT2D eigenvalue weighted by Crippen LogP contribution is 2.66. The van der Waals surface area contributed by atoms with Crippen LogP contribution in [0.15, 0.2) is 48.5 Å². The lowest BCUT2D eigenvalue weighted by Crippen LogP contribution is -2.67. The van der Waals surface area contributed by atoms with Crippen LogP contribution in [0.5, 0.6) is 0 Å². The van der Waals surface area contributed by atoms with E-state index < -0.39 is 0 Å². The molecule has 6 atom stereocenters. The quantitative estimate of drug-likeness (QED) is 0.241. The zero-order valence-electron chi connectivity index (χ0n) is 28.8. The van der Waals surface area contributed by atoms with Crippen molar-refractivity contribution in [3.63, 3.8) is 0 Å². The molecule has 0 radical (unpaired) electrons. The molecule has 0 amide bonds. The van der Waals surface area contributed by atoms with E-state index in [-0.39, 0.29) is 34.0 Å². The fourth-order valence-corrected chi connectivity index (χ4v) is 12.8. The fourth-order valence-electron chi connectivity index (χ4n) is 12.8. The summed E-state index contributed by atoms with van der Waals surface area (Å²) in [5.41, 5.74) is 16.3. The second-order valence-corrected chi connectivity index (χ2v) is 18.4. The summed E-state index contributed by atoms with van der Waals surface area (Å²) in [6.07, 6.45) is 13.6. The minimum atomic E-state index is 0.0879. The Hall–Kier alpha value is -2.68. The number of hydrogen-bond donors (Lipinski definition) is 0. The van der Waals surface area contributed by atoms with E-state index in [9.17, 15) is 0 Å². The molecule has 4 aliphatic heterocycles. The summed E-state index contributed by atoms with van der Waals surface area (Å²) in [4.78, 5) is 5.85. The Morgan fingerprint density at radius 1 is 0.667 bits per heavy atom. The maximum absolute atomic E-state index is 2.94. The van der Waals surface area contributed by atoms with Crippen molar-refractivity contribution in [1.82, 2.24) is 0 Å². The maximum atomic E-state index is 2.94. The zero-order chi connectivity index (χ0) is 30.9. The Morgan fingerprint density at radius 2 is 1.31 bits per heavy atom. The molecule has 0 saturated heterocycles. The standard InChI is InChI=1S/C42H51BN2/c1-38(2,3)28-22-30-37-32(23-28)43-31-17-12-16-29-36(31)45(42(7)25-27-15-9-8-14-26(27)24-40(29,42)5)34-19-13-18-33(35(34)43)44(37)41(6)21-11-10-20-39(30,41)4/h12-13,16-19,22-23,26-27H,8-11,14-15,20-21,24-25H2,1-7H3. The number of fused-ring (bicyclic) bond motifs is 11. The summed E-state index contributed by atoms with van der Waals surface area (Å²) < 4.78 is 0. The highest BCUT2D eigenvalue weighted by molar-refractivity contribution is 7.00. The molecule has 3 heteroatoms. The SMILES string of the molecule is CC(C)(C)c1cc2c3c(c1)C1(C)CCCCC1(C)N3c1cccc3c1B2c1cccc2c1N3C1(C)CC3CCCCC3CC21C. The van der Waals surface area contributed by atoms with Crippen LogP contribution in [0.1, 0.15) is 129 Å². The van der Waals surface area contributed by atoms with E-state index >= 15 is 0 Å². The van der Waals surface area contributed by atoms with Gasteiger partial charge in [0.15, 0.2) is 0 Å². The van der Waals surface area contributed by atoms with Crippen LogP contribution >= 0.6 is 0 Å². The molecule has 0 aromatic heterocycles. The number of nitrogens with zero attached hydrogens (tertiary/aromatic N) is 2. The smallest absolute Gasteiger partial charge is 0.252 e. The van der Waals surface area contributed by atoms with Crippen LogP contribution in [0.4, 0.5) is 22.7 Å². The van der Waals surface area contributed by atoms with Gasteiger partial charge in [0.2, 0.25) is 0 Å². The Kier molecular flexibility index (Phi) is 5.02.